The molecule has 1 nitrogen and oxygen atoms in total. The van der Waals surface area contributed by atoms with Crippen molar-refractivity contribution in [3.05, 3.63) is 154 Å². The fourth-order valence-electron chi connectivity index (χ4n) is 15.4. The summed E-state index contributed by atoms with van der Waals surface area (Å²) in [4.78, 5) is 12.4. The van der Waals surface area contributed by atoms with E-state index in [4.69, 9.17) is 0 Å². The standard InChI is InChI=1S/C76H98O/c1-7-13-19-27-45-74(46-28-20-14-8-2)68-34-26-25-33-62(68)64-41-36-58(52-70(64)74)60-38-43-66-67-44-39-61(55-73(67)76(72(66)54-60,49-31-23-17-11-5)50-32-24-18-12-6)59-37-42-65-63-40-35-57(56-77)51-69(63)75(71(65)53-59,47-29-21-15-9-3)48-30-22-16-10-4/h25-26,33-44,51-56H,7-24,27-32,45-50H2,1-6H3. The van der Waals surface area contributed by atoms with Crippen LogP contribution in [0.25, 0.3) is 55.6 Å². The van der Waals surface area contributed by atoms with Crippen LogP contribution in [0, 0.1) is 0 Å². The summed E-state index contributed by atoms with van der Waals surface area (Å²) in [7, 11) is 0. The average molecular weight is 1030 g/mol. The SMILES string of the molecule is CCCCCCC1(CCCCCC)c2ccccc2-c2ccc(-c3ccc4c(c3)C(CCCCCC)(CCCCCC)c3cc(-c5ccc6c(c5)C(CCCCCC)(CCCCCC)c5cc(C=O)ccc5-6)ccc3-4)cc21. The highest BCUT2D eigenvalue weighted by Gasteiger charge is 2.46. The van der Waals surface area contributed by atoms with Gasteiger partial charge >= 0.3 is 0 Å². The van der Waals surface area contributed by atoms with Crippen molar-refractivity contribution >= 4 is 6.29 Å². The molecule has 0 aliphatic heterocycles. The molecule has 0 radical (unpaired) electrons. The molecule has 3 aliphatic rings. The second-order valence-corrected chi connectivity index (χ2v) is 24.6. The van der Waals surface area contributed by atoms with Crippen molar-refractivity contribution in [3.63, 3.8) is 0 Å². The normalized spacial score (nSPS) is 14.7. The van der Waals surface area contributed by atoms with Crippen LogP contribution in [-0.2, 0) is 16.2 Å². The second-order valence-electron chi connectivity index (χ2n) is 24.6. The Balaban J connectivity index is 1.16. The summed E-state index contributed by atoms with van der Waals surface area (Å²) in [5, 5.41) is 0. The Kier molecular flexibility index (Phi) is 19.7. The summed E-state index contributed by atoms with van der Waals surface area (Å²) >= 11 is 0. The third kappa shape index (κ3) is 11.6. The summed E-state index contributed by atoms with van der Waals surface area (Å²) in [5.74, 6) is 0. The van der Waals surface area contributed by atoms with Gasteiger partial charge in [-0.05, 0) is 158 Å². The van der Waals surface area contributed by atoms with Gasteiger partial charge in [0.05, 0.1) is 0 Å². The Morgan fingerprint density at radius 3 is 0.831 bits per heavy atom. The van der Waals surface area contributed by atoms with Crippen molar-refractivity contribution in [3.8, 4) is 55.6 Å². The molecule has 0 amide bonds. The number of fused-ring (bicyclic) bond motifs is 9. The first-order valence-corrected chi connectivity index (χ1v) is 32.2. The van der Waals surface area contributed by atoms with Gasteiger partial charge in [-0.2, -0.15) is 0 Å². The van der Waals surface area contributed by atoms with Crippen LogP contribution in [0.4, 0.5) is 0 Å². The fraction of sp³-hybridized carbons (Fsp3) is 0.513. The summed E-state index contributed by atoms with van der Waals surface area (Å²) in [5.41, 5.74) is 24.1. The van der Waals surface area contributed by atoms with Crippen LogP contribution in [0.5, 0.6) is 0 Å². The predicted molar refractivity (Wildman–Crippen MR) is 334 cm³/mol. The Morgan fingerprint density at radius 2 is 0.532 bits per heavy atom. The molecule has 0 spiro atoms. The van der Waals surface area contributed by atoms with Gasteiger partial charge in [0.1, 0.15) is 6.29 Å². The first kappa shape index (κ1) is 56.7. The number of aldehydes is 1. The first-order valence-electron chi connectivity index (χ1n) is 32.2. The molecule has 0 N–H and O–H groups in total. The van der Waals surface area contributed by atoms with Crippen LogP contribution in [-0.4, -0.2) is 6.29 Å². The van der Waals surface area contributed by atoms with E-state index in [1.54, 1.807) is 22.3 Å². The van der Waals surface area contributed by atoms with E-state index >= 15 is 0 Å². The topological polar surface area (TPSA) is 17.1 Å². The lowest BCUT2D eigenvalue weighted by atomic mass is 9.69. The maximum Gasteiger partial charge on any atom is 0.150 e. The zero-order valence-corrected chi connectivity index (χ0v) is 49.2. The van der Waals surface area contributed by atoms with Crippen molar-refractivity contribution in [1.29, 1.82) is 0 Å². The van der Waals surface area contributed by atoms with Crippen molar-refractivity contribution < 1.29 is 4.79 Å². The van der Waals surface area contributed by atoms with Crippen molar-refractivity contribution in [2.75, 3.05) is 0 Å². The Morgan fingerprint density at radius 1 is 0.273 bits per heavy atom. The van der Waals surface area contributed by atoms with Crippen molar-refractivity contribution in [1.82, 2.24) is 0 Å². The summed E-state index contributed by atoms with van der Waals surface area (Å²) in [6.07, 6.45) is 38.8. The molecule has 0 bridgehead atoms. The minimum absolute atomic E-state index is 0.0477. The molecule has 0 saturated heterocycles. The highest BCUT2D eigenvalue weighted by atomic mass is 16.1. The second kappa shape index (κ2) is 26.8. The smallest absolute Gasteiger partial charge is 0.150 e. The summed E-state index contributed by atoms with van der Waals surface area (Å²) < 4.78 is 0. The maximum absolute atomic E-state index is 12.4. The zero-order valence-electron chi connectivity index (χ0n) is 49.2. The Hall–Kier alpha value is -5.01. The molecule has 0 atom stereocenters. The molecule has 1 heteroatoms. The van der Waals surface area contributed by atoms with Crippen LogP contribution < -0.4 is 0 Å². The molecular formula is C76H98O. The Labute approximate surface area is 468 Å². The van der Waals surface area contributed by atoms with Gasteiger partial charge in [0.2, 0.25) is 0 Å². The molecule has 9 rings (SSSR count). The van der Waals surface area contributed by atoms with E-state index in [9.17, 15) is 4.79 Å². The van der Waals surface area contributed by atoms with E-state index in [-0.39, 0.29) is 16.2 Å². The van der Waals surface area contributed by atoms with Crippen LogP contribution in [0.3, 0.4) is 0 Å². The van der Waals surface area contributed by atoms with E-state index in [2.05, 4.69) is 157 Å². The van der Waals surface area contributed by atoms with Gasteiger partial charge in [-0.3, -0.25) is 4.79 Å². The molecule has 408 valence electrons. The number of carbonyl (C=O) groups excluding carboxylic acids is 1. The average Bonchev–Trinajstić information content (AvgIpc) is 4.26. The largest absolute Gasteiger partial charge is 0.298 e. The van der Waals surface area contributed by atoms with Crippen LogP contribution in [0.1, 0.15) is 278 Å². The molecule has 0 heterocycles. The first-order chi connectivity index (χ1) is 37.9. The van der Waals surface area contributed by atoms with Crippen molar-refractivity contribution in [2.45, 2.75) is 250 Å². The van der Waals surface area contributed by atoms with Gasteiger partial charge in [-0.25, -0.2) is 0 Å². The van der Waals surface area contributed by atoms with Gasteiger partial charge in [0.15, 0.2) is 0 Å². The van der Waals surface area contributed by atoms with E-state index in [1.807, 2.05) is 0 Å². The number of carbonyl (C=O) groups is 1. The molecule has 77 heavy (non-hydrogen) atoms. The lowest BCUT2D eigenvalue weighted by molar-refractivity contribution is 0.112. The van der Waals surface area contributed by atoms with Crippen LogP contribution >= 0.6 is 0 Å². The lowest BCUT2D eigenvalue weighted by Crippen LogP contribution is -2.26. The molecule has 0 saturated carbocycles. The number of hydrogen-bond acceptors (Lipinski definition) is 1. The van der Waals surface area contributed by atoms with Gasteiger partial charge < -0.3 is 0 Å². The van der Waals surface area contributed by atoms with Crippen LogP contribution in [0.2, 0.25) is 0 Å². The van der Waals surface area contributed by atoms with Crippen molar-refractivity contribution in [2.24, 2.45) is 0 Å². The highest BCUT2D eigenvalue weighted by molar-refractivity contribution is 5.90. The third-order valence-electron chi connectivity index (χ3n) is 19.6. The predicted octanol–water partition coefficient (Wildman–Crippen LogP) is 23.5. The minimum atomic E-state index is -0.0863. The number of benzene rings is 6. The van der Waals surface area contributed by atoms with Crippen LogP contribution in [0.15, 0.2) is 115 Å². The van der Waals surface area contributed by atoms with E-state index < -0.39 is 0 Å². The monoisotopic (exact) mass is 1030 g/mol. The van der Waals surface area contributed by atoms with Gasteiger partial charge in [-0.1, -0.05) is 281 Å². The summed E-state index contributed by atoms with van der Waals surface area (Å²) in [6, 6.07) is 46.7. The maximum atomic E-state index is 12.4. The Bertz CT molecular complexity index is 2850. The minimum Gasteiger partial charge on any atom is -0.298 e. The van der Waals surface area contributed by atoms with E-state index in [0.29, 0.717) is 0 Å². The molecule has 6 aromatic rings. The number of rotatable bonds is 33. The number of hydrogen-bond donors (Lipinski definition) is 0. The molecule has 0 unspecified atom stereocenters. The van der Waals surface area contributed by atoms with E-state index in [0.717, 1.165) is 24.7 Å². The molecule has 3 aliphatic carbocycles. The van der Waals surface area contributed by atoms with Gasteiger partial charge in [0, 0.05) is 21.8 Å². The third-order valence-corrected chi connectivity index (χ3v) is 19.6. The number of unbranched alkanes of at least 4 members (excludes halogenated alkanes) is 18. The molecular weight excluding hydrogens is 929 g/mol. The fourth-order valence-corrected chi connectivity index (χ4v) is 15.4. The van der Waals surface area contributed by atoms with E-state index in [1.165, 1.54) is 247 Å². The highest BCUT2D eigenvalue weighted by Crippen LogP contribution is 2.59. The molecule has 6 aromatic carbocycles. The van der Waals surface area contributed by atoms with Gasteiger partial charge in [0.25, 0.3) is 0 Å². The molecule has 0 aromatic heterocycles. The molecule has 0 fully saturated rings. The lowest BCUT2D eigenvalue weighted by Gasteiger charge is -2.34. The summed E-state index contributed by atoms with van der Waals surface area (Å²) in [6.45, 7) is 14.1. The quantitative estimate of drug-likeness (QED) is 0.0297. The van der Waals surface area contributed by atoms with Gasteiger partial charge in [-0.15, -0.1) is 0 Å². The zero-order chi connectivity index (χ0) is 53.7.